The van der Waals surface area contributed by atoms with Gasteiger partial charge in [-0.05, 0) is 60.9 Å². The minimum Gasteiger partial charge on any atom is -0.376 e. The number of hydrogen-bond donors (Lipinski definition) is 0. The average molecular weight is 489 g/mol. The zero-order valence-corrected chi connectivity index (χ0v) is 20.5. The Hall–Kier alpha value is -2.00. The van der Waals surface area contributed by atoms with Gasteiger partial charge in [-0.25, -0.2) is 8.42 Å². The summed E-state index contributed by atoms with van der Waals surface area (Å²) in [6, 6.07) is 10.8. The van der Waals surface area contributed by atoms with Crippen molar-refractivity contribution in [2.45, 2.75) is 56.1 Å². The van der Waals surface area contributed by atoms with Gasteiger partial charge in [0, 0.05) is 37.2 Å². The summed E-state index contributed by atoms with van der Waals surface area (Å²) in [5.74, 6) is -0.0693. The fourth-order valence-electron chi connectivity index (χ4n) is 4.31. The third-order valence-corrected chi connectivity index (χ3v) is 8.96. The van der Waals surface area contributed by atoms with Gasteiger partial charge in [-0.3, -0.25) is 4.79 Å². The van der Waals surface area contributed by atoms with E-state index in [2.05, 4.69) is 0 Å². The number of amides is 1. The Morgan fingerprint density at radius 2 is 1.85 bits per heavy atom. The Labute approximate surface area is 200 Å². The fourth-order valence-corrected chi connectivity index (χ4v) is 6.55. The average Bonchev–Trinajstić information content (AvgIpc) is 3.46. The van der Waals surface area contributed by atoms with Crippen molar-refractivity contribution in [2.24, 2.45) is 0 Å². The lowest BCUT2D eigenvalue weighted by Crippen LogP contribution is -2.35. The number of nitrogens with zero attached hydrogens (tertiary/aromatic N) is 2. The van der Waals surface area contributed by atoms with Gasteiger partial charge in [0.05, 0.1) is 17.5 Å². The quantitative estimate of drug-likeness (QED) is 0.512. The van der Waals surface area contributed by atoms with Crippen molar-refractivity contribution in [3.8, 4) is 0 Å². The molecule has 0 saturated carbocycles. The maximum Gasteiger partial charge on any atom is 0.246 e. The number of thiophene rings is 1. The summed E-state index contributed by atoms with van der Waals surface area (Å²) in [5.41, 5.74) is 0.798. The highest BCUT2D eigenvalue weighted by Gasteiger charge is 2.25. The molecule has 2 aliphatic heterocycles. The van der Waals surface area contributed by atoms with Crippen LogP contribution < -0.4 is 0 Å². The molecule has 0 N–H and O–H groups in total. The number of rotatable bonds is 8. The van der Waals surface area contributed by atoms with Crippen molar-refractivity contribution in [3.05, 3.63) is 58.3 Å². The van der Waals surface area contributed by atoms with Crippen LogP contribution in [0, 0.1) is 0 Å². The molecule has 0 radical (unpaired) electrons. The number of benzene rings is 1. The van der Waals surface area contributed by atoms with E-state index in [9.17, 15) is 13.2 Å². The molecule has 33 heavy (non-hydrogen) atoms. The van der Waals surface area contributed by atoms with Crippen LogP contribution in [0.5, 0.6) is 0 Å². The third kappa shape index (κ3) is 6.53. The summed E-state index contributed by atoms with van der Waals surface area (Å²) < 4.78 is 33.3. The minimum atomic E-state index is -3.47. The first-order valence-corrected chi connectivity index (χ1v) is 14.1. The summed E-state index contributed by atoms with van der Waals surface area (Å²) in [7, 11) is -3.47. The lowest BCUT2D eigenvalue weighted by molar-refractivity contribution is -0.128. The Morgan fingerprint density at radius 3 is 2.48 bits per heavy atom. The first kappa shape index (κ1) is 24.1. The molecule has 2 aromatic rings. The van der Waals surface area contributed by atoms with Gasteiger partial charge in [0.15, 0.2) is 0 Å². The van der Waals surface area contributed by atoms with Crippen LogP contribution in [0.15, 0.2) is 52.7 Å². The van der Waals surface area contributed by atoms with Gasteiger partial charge in [0.1, 0.15) is 0 Å². The highest BCUT2D eigenvalue weighted by atomic mass is 32.2. The molecule has 1 amide bonds. The zero-order valence-electron chi connectivity index (χ0n) is 18.9. The Morgan fingerprint density at radius 1 is 1.09 bits per heavy atom. The molecular weight excluding hydrogens is 456 g/mol. The highest BCUT2D eigenvalue weighted by Crippen LogP contribution is 2.21. The molecule has 1 aromatic carbocycles. The number of carbonyl (C=O) groups excluding carboxylic acids is 1. The highest BCUT2D eigenvalue weighted by molar-refractivity contribution is 7.89. The van der Waals surface area contributed by atoms with Crippen molar-refractivity contribution >= 4 is 33.3 Å². The van der Waals surface area contributed by atoms with E-state index in [1.54, 1.807) is 52.1 Å². The van der Waals surface area contributed by atoms with Gasteiger partial charge in [0.2, 0.25) is 15.9 Å². The molecule has 3 heterocycles. The van der Waals surface area contributed by atoms with Crippen LogP contribution in [-0.2, 0) is 26.1 Å². The molecule has 1 atom stereocenters. The Kier molecular flexibility index (Phi) is 8.35. The van der Waals surface area contributed by atoms with Crippen molar-refractivity contribution in [3.63, 3.8) is 0 Å². The van der Waals surface area contributed by atoms with Gasteiger partial charge >= 0.3 is 0 Å². The SMILES string of the molecule is O=C(/C=C/c1ccc(S(=O)(=O)N2CCCCCC2)cc1)N(Cc1cccs1)CC1CCCO1. The van der Waals surface area contributed by atoms with Gasteiger partial charge in [-0.1, -0.05) is 31.0 Å². The van der Waals surface area contributed by atoms with E-state index in [1.807, 2.05) is 22.4 Å². The van der Waals surface area contributed by atoms with E-state index in [0.717, 1.165) is 55.6 Å². The molecule has 2 aliphatic rings. The molecule has 2 fully saturated rings. The molecule has 0 bridgehead atoms. The van der Waals surface area contributed by atoms with E-state index in [-0.39, 0.29) is 12.0 Å². The predicted octanol–water partition coefficient (Wildman–Crippen LogP) is 4.53. The van der Waals surface area contributed by atoms with Gasteiger partial charge in [-0.2, -0.15) is 4.31 Å². The fraction of sp³-hybridized carbons (Fsp3) is 0.480. The van der Waals surface area contributed by atoms with Crippen LogP contribution in [0.2, 0.25) is 0 Å². The topological polar surface area (TPSA) is 66.9 Å². The number of sulfonamides is 1. The molecule has 8 heteroatoms. The number of ether oxygens (including phenoxy) is 1. The Balaban J connectivity index is 1.42. The molecular formula is C25H32N2O4S2. The molecule has 0 spiro atoms. The summed E-state index contributed by atoms with van der Waals surface area (Å²) >= 11 is 1.64. The molecule has 1 unspecified atom stereocenters. The zero-order chi connectivity index (χ0) is 23.1. The van der Waals surface area contributed by atoms with Crippen LogP contribution in [0.3, 0.4) is 0 Å². The summed E-state index contributed by atoms with van der Waals surface area (Å²) in [5, 5.41) is 2.02. The van der Waals surface area contributed by atoms with Crippen molar-refractivity contribution < 1.29 is 17.9 Å². The van der Waals surface area contributed by atoms with E-state index < -0.39 is 10.0 Å². The van der Waals surface area contributed by atoms with Crippen LogP contribution in [0.4, 0.5) is 0 Å². The predicted molar refractivity (Wildman–Crippen MR) is 131 cm³/mol. The molecule has 1 aromatic heterocycles. The standard InChI is InChI=1S/C25H32N2O4S2/c28-25(26(19-22-7-5-17-31-22)20-23-8-6-18-32-23)14-11-21-9-12-24(13-10-21)33(29,30)27-15-3-1-2-4-16-27/h6,8-14,18,22H,1-5,7,15-17,19-20H2/b14-11+. The molecule has 0 aliphatic carbocycles. The lowest BCUT2D eigenvalue weighted by atomic mass is 10.2. The molecule has 2 saturated heterocycles. The van der Waals surface area contributed by atoms with Crippen LogP contribution >= 0.6 is 11.3 Å². The van der Waals surface area contributed by atoms with Crippen LogP contribution in [0.25, 0.3) is 6.08 Å². The van der Waals surface area contributed by atoms with Crippen molar-refractivity contribution in [1.82, 2.24) is 9.21 Å². The smallest absolute Gasteiger partial charge is 0.246 e. The second kappa shape index (κ2) is 11.4. The second-order valence-corrected chi connectivity index (χ2v) is 11.6. The first-order chi connectivity index (χ1) is 16.0. The first-order valence-electron chi connectivity index (χ1n) is 11.7. The summed E-state index contributed by atoms with van der Waals surface area (Å²) in [6.45, 7) is 3.07. The van der Waals surface area contributed by atoms with E-state index in [0.29, 0.717) is 31.1 Å². The van der Waals surface area contributed by atoms with Gasteiger partial charge in [-0.15, -0.1) is 11.3 Å². The van der Waals surface area contributed by atoms with Crippen molar-refractivity contribution in [2.75, 3.05) is 26.2 Å². The van der Waals surface area contributed by atoms with Crippen molar-refractivity contribution in [1.29, 1.82) is 0 Å². The molecule has 178 valence electrons. The molecule has 6 nitrogen and oxygen atoms in total. The number of carbonyl (C=O) groups is 1. The minimum absolute atomic E-state index is 0.0693. The van der Waals surface area contributed by atoms with Crippen LogP contribution in [0.1, 0.15) is 49.0 Å². The summed E-state index contributed by atoms with van der Waals surface area (Å²) in [6.07, 6.45) is 9.42. The maximum atomic E-state index is 13.0. The Bertz CT molecular complexity index is 1020. The van der Waals surface area contributed by atoms with E-state index in [4.69, 9.17) is 4.74 Å². The monoisotopic (exact) mass is 488 g/mol. The molecule has 4 rings (SSSR count). The normalized spacial score (nSPS) is 20.2. The largest absolute Gasteiger partial charge is 0.376 e. The van der Waals surface area contributed by atoms with E-state index in [1.165, 1.54) is 0 Å². The maximum absolute atomic E-state index is 13.0. The lowest BCUT2D eigenvalue weighted by Gasteiger charge is -2.23. The third-order valence-electron chi connectivity index (χ3n) is 6.19. The summed E-state index contributed by atoms with van der Waals surface area (Å²) in [4.78, 5) is 16.3. The van der Waals surface area contributed by atoms with E-state index >= 15 is 0 Å². The van der Waals surface area contributed by atoms with Crippen LogP contribution in [-0.4, -0.2) is 55.9 Å². The van der Waals surface area contributed by atoms with Gasteiger partial charge < -0.3 is 9.64 Å². The van der Waals surface area contributed by atoms with Gasteiger partial charge in [0.25, 0.3) is 0 Å². The number of hydrogen-bond acceptors (Lipinski definition) is 5. The second-order valence-electron chi connectivity index (χ2n) is 8.65.